The molecule has 0 saturated heterocycles. The highest BCUT2D eigenvalue weighted by Gasteiger charge is 2.26. The van der Waals surface area contributed by atoms with Crippen molar-refractivity contribution < 1.29 is 14.3 Å². The van der Waals surface area contributed by atoms with Crippen LogP contribution >= 0.6 is 24.4 Å². The lowest BCUT2D eigenvalue weighted by Crippen LogP contribution is -2.45. The van der Waals surface area contributed by atoms with Gasteiger partial charge in [0.15, 0.2) is 0 Å². The number of carbonyl (C=O) groups is 2. The zero-order chi connectivity index (χ0) is 24.6. The number of hydrogen-bond acceptors (Lipinski definition) is 6. The van der Waals surface area contributed by atoms with E-state index in [9.17, 15) is 9.59 Å². The van der Waals surface area contributed by atoms with Crippen LogP contribution in [-0.2, 0) is 20.7 Å². The van der Waals surface area contributed by atoms with Crippen LogP contribution in [0.25, 0.3) is 0 Å². The van der Waals surface area contributed by atoms with Gasteiger partial charge in [-0.15, -0.1) is 0 Å². The van der Waals surface area contributed by atoms with E-state index >= 15 is 0 Å². The molecule has 0 fully saturated rings. The van der Waals surface area contributed by atoms with Gasteiger partial charge in [0.05, 0.1) is 12.5 Å². The highest BCUT2D eigenvalue weighted by atomic mass is 32.2. The molecule has 0 aliphatic rings. The SMILES string of the molecule is CCOC(=O)C(CCSC)NC(=O)C(/C=C/[C@@H](/C=C/C(N)CS)Cc1ccccc1)C(C)C. The van der Waals surface area contributed by atoms with Gasteiger partial charge < -0.3 is 15.8 Å². The lowest BCUT2D eigenvalue weighted by molar-refractivity contribution is -0.147. The van der Waals surface area contributed by atoms with Gasteiger partial charge in [-0.2, -0.15) is 24.4 Å². The number of carbonyl (C=O) groups excluding carboxylic acids is 2. The number of ether oxygens (including phenoxy) is 1. The molecule has 1 aromatic carbocycles. The lowest BCUT2D eigenvalue weighted by atomic mass is 9.90. The highest BCUT2D eigenvalue weighted by Crippen LogP contribution is 2.18. The Morgan fingerprint density at radius 2 is 1.82 bits per heavy atom. The van der Waals surface area contributed by atoms with E-state index in [1.165, 1.54) is 5.56 Å². The Morgan fingerprint density at radius 3 is 2.39 bits per heavy atom. The number of allylic oxidation sites excluding steroid dienone is 2. The van der Waals surface area contributed by atoms with E-state index in [1.807, 2.05) is 50.5 Å². The van der Waals surface area contributed by atoms with Gasteiger partial charge >= 0.3 is 5.97 Å². The number of benzene rings is 1. The molecule has 7 heteroatoms. The predicted octanol–water partition coefficient (Wildman–Crippen LogP) is 4.29. The second-order valence-corrected chi connectivity index (χ2v) is 9.69. The van der Waals surface area contributed by atoms with Crippen LogP contribution in [0.1, 0.15) is 32.8 Å². The third kappa shape index (κ3) is 11.8. The summed E-state index contributed by atoms with van der Waals surface area (Å²) in [5.74, 6) is 0.603. The molecule has 0 heterocycles. The number of rotatable bonds is 15. The van der Waals surface area contributed by atoms with Crippen molar-refractivity contribution in [3.63, 3.8) is 0 Å². The standard InChI is InChI=1S/C26H40N2O3S2/c1-5-31-26(30)24(15-16-33-4)28-25(29)23(19(2)3)14-12-21(11-13-22(27)18-32)17-20-9-7-6-8-10-20/h6-14,19,21-24,32H,5,15-18,27H2,1-4H3,(H,28,29)/b13-11+,14-12+/t21-,22?,23?,24?/m1/s1. The Bertz CT molecular complexity index is 753. The van der Waals surface area contributed by atoms with Gasteiger partial charge in [0, 0.05) is 11.8 Å². The summed E-state index contributed by atoms with van der Waals surface area (Å²) in [5.41, 5.74) is 7.23. The fraction of sp³-hybridized carbons (Fsp3) is 0.538. The van der Waals surface area contributed by atoms with Crippen molar-refractivity contribution in [1.82, 2.24) is 5.32 Å². The number of thiol groups is 1. The summed E-state index contributed by atoms with van der Waals surface area (Å²) in [6.07, 6.45) is 11.4. The van der Waals surface area contributed by atoms with Crippen molar-refractivity contribution in [1.29, 1.82) is 0 Å². The summed E-state index contributed by atoms with van der Waals surface area (Å²) in [4.78, 5) is 25.5. The molecule has 4 atom stereocenters. The van der Waals surface area contributed by atoms with Crippen LogP contribution in [0, 0.1) is 17.8 Å². The number of thioether (sulfide) groups is 1. The van der Waals surface area contributed by atoms with Gasteiger partial charge in [-0.25, -0.2) is 4.79 Å². The van der Waals surface area contributed by atoms with Crippen molar-refractivity contribution in [2.75, 3.05) is 24.4 Å². The average Bonchev–Trinajstić information content (AvgIpc) is 2.80. The van der Waals surface area contributed by atoms with Crippen LogP contribution in [0.5, 0.6) is 0 Å². The highest BCUT2D eigenvalue weighted by molar-refractivity contribution is 7.98. The molecular weight excluding hydrogens is 452 g/mol. The molecule has 5 nitrogen and oxygen atoms in total. The first-order valence-electron chi connectivity index (χ1n) is 11.5. The molecule has 0 spiro atoms. The minimum atomic E-state index is -0.632. The van der Waals surface area contributed by atoms with E-state index in [-0.39, 0.29) is 35.7 Å². The average molecular weight is 493 g/mol. The van der Waals surface area contributed by atoms with Gasteiger partial charge in [-0.05, 0) is 49.2 Å². The molecule has 184 valence electrons. The number of nitrogens with one attached hydrogen (secondary N) is 1. The second kappa shape index (κ2) is 16.8. The summed E-state index contributed by atoms with van der Waals surface area (Å²) in [6.45, 7) is 6.08. The van der Waals surface area contributed by atoms with Gasteiger partial charge in [0.2, 0.25) is 5.91 Å². The van der Waals surface area contributed by atoms with E-state index in [4.69, 9.17) is 10.5 Å². The Balaban J connectivity index is 3.02. The normalized spacial score (nSPS) is 15.5. The number of esters is 1. The summed E-state index contributed by atoms with van der Waals surface area (Å²) >= 11 is 5.89. The van der Waals surface area contributed by atoms with Gasteiger partial charge in [0.25, 0.3) is 0 Å². The first-order valence-corrected chi connectivity index (χ1v) is 13.6. The summed E-state index contributed by atoms with van der Waals surface area (Å²) in [7, 11) is 0. The van der Waals surface area contributed by atoms with Crippen molar-refractivity contribution in [3.05, 3.63) is 60.2 Å². The third-order valence-corrected chi connectivity index (χ3v) is 6.28. The fourth-order valence-electron chi connectivity index (χ4n) is 3.30. The maximum Gasteiger partial charge on any atom is 0.328 e. The minimum Gasteiger partial charge on any atom is -0.464 e. The maximum atomic E-state index is 13.1. The van der Waals surface area contributed by atoms with Crippen LogP contribution in [0.3, 0.4) is 0 Å². The van der Waals surface area contributed by atoms with E-state index in [0.29, 0.717) is 18.8 Å². The molecule has 0 aromatic heterocycles. The Labute approximate surface area is 209 Å². The van der Waals surface area contributed by atoms with Gasteiger partial charge in [-0.3, -0.25) is 4.79 Å². The molecular formula is C26H40N2O3S2. The molecule has 3 N–H and O–H groups in total. The smallest absolute Gasteiger partial charge is 0.328 e. The molecule has 0 radical (unpaired) electrons. The number of hydrogen-bond donors (Lipinski definition) is 3. The first kappa shape index (κ1) is 29.3. The first-order chi connectivity index (χ1) is 15.8. The zero-order valence-electron chi connectivity index (χ0n) is 20.3. The Kier molecular flexibility index (Phi) is 15.0. The molecule has 0 bridgehead atoms. The van der Waals surface area contributed by atoms with Crippen LogP contribution in [0.2, 0.25) is 0 Å². The van der Waals surface area contributed by atoms with Crippen LogP contribution in [0.4, 0.5) is 0 Å². The summed E-state index contributed by atoms with van der Waals surface area (Å²) < 4.78 is 5.16. The fourth-order valence-corrected chi connectivity index (χ4v) is 3.90. The lowest BCUT2D eigenvalue weighted by Gasteiger charge is -2.22. The molecule has 1 rings (SSSR count). The largest absolute Gasteiger partial charge is 0.464 e. The van der Waals surface area contributed by atoms with Crippen LogP contribution in [0.15, 0.2) is 54.6 Å². The monoisotopic (exact) mass is 492 g/mol. The molecule has 0 aliphatic heterocycles. The topological polar surface area (TPSA) is 81.4 Å². The maximum absolute atomic E-state index is 13.1. The van der Waals surface area contributed by atoms with E-state index in [0.717, 1.165) is 12.2 Å². The van der Waals surface area contributed by atoms with E-state index < -0.39 is 6.04 Å². The zero-order valence-corrected chi connectivity index (χ0v) is 22.0. The number of amides is 1. The summed E-state index contributed by atoms with van der Waals surface area (Å²) in [5, 5.41) is 2.92. The molecule has 33 heavy (non-hydrogen) atoms. The molecule has 0 saturated carbocycles. The van der Waals surface area contributed by atoms with E-state index in [2.05, 4.69) is 42.2 Å². The van der Waals surface area contributed by atoms with Crippen molar-refractivity contribution >= 4 is 36.3 Å². The van der Waals surface area contributed by atoms with Crippen LogP contribution < -0.4 is 11.1 Å². The van der Waals surface area contributed by atoms with Crippen molar-refractivity contribution in [2.24, 2.45) is 23.5 Å². The minimum absolute atomic E-state index is 0.0747. The quantitative estimate of drug-likeness (QED) is 0.193. The summed E-state index contributed by atoms with van der Waals surface area (Å²) in [6, 6.07) is 9.47. The van der Waals surface area contributed by atoms with Crippen molar-refractivity contribution in [3.8, 4) is 0 Å². The third-order valence-electron chi connectivity index (χ3n) is 5.22. The predicted molar refractivity (Wildman–Crippen MR) is 144 cm³/mol. The molecule has 1 amide bonds. The molecule has 1 aromatic rings. The molecule has 3 unspecified atom stereocenters. The second-order valence-electron chi connectivity index (χ2n) is 8.33. The molecule has 0 aliphatic carbocycles. The van der Waals surface area contributed by atoms with Crippen molar-refractivity contribution in [2.45, 2.75) is 45.7 Å². The van der Waals surface area contributed by atoms with E-state index in [1.54, 1.807) is 18.7 Å². The van der Waals surface area contributed by atoms with Crippen LogP contribution in [-0.4, -0.2) is 48.3 Å². The number of nitrogens with two attached hydrogens (primary N) is 1. The Morgan fingerprint density at radius 1 is 1.15 bits per heavy atom. The van der Waals surface area contributed by atoms with Gasteiger partial charge in [0.1, 0.15) is 6.04 Å². The Hall–Kier alpha value is -1.70. The van der Waals surface area contributed by atoms with Gasteiger partial charge in [-0.1, -0.05) is 68.5 Å².